The summed E-state index contributed by atoms with van der Waals surface area (Å²) < 4.78 is 0. The lowest BCUT2D eigenvalue weighted by atomic mass is 10.0. The highest BCUT2D eigenvalue weighted by Gasteiger charge is 2.32. The van der Waals surface area contributed by atoms with Crippen molar-refractivity contribution in [3.63, 3.8) is 0 Å². The Balaban J connectivity index is 2.23. The first kappa shape index (κ1) is 30.8. The van der Waals surface area contributed by atoms with Crippen molar-refractivity contribution in [2.45, 2.75) is 62.7 Å². The maximum absolute atomic E-state index is 13.3. The van der Waals surface area contributed by atoms with E-state index in [4.69, 9.17) is 16.6 Å². The summed E-state index contributed by atoms with van der Waals surface area (Å²) >= 11 is 0. The summed E-state index contributed by atoms with van der Waals surface area (Å²) in [6, 6.07) is 1.15. The van der Waals surface area contributed by atoms with Crippen molar-refractivity contribution in [3.8, 4) is 5.75 Å². The number of carbonyl (C=O) groups is 5. The average Bonchev–Trinajstić information content (AvgIpc) is 3.41. The Kier molecular flexibility index (Phi) is 11.9. The normalized spacial score (nSPS) is 16.8. The summed E-state index contributed by atoms with van der Waals surface area (Å²) in [5, 5.41) is 38.3. The second-order valence-corrected chi connectivity index (χ2v) is 9.09. The van der Waals surface area contributed by atoms with E-state index in [0.29, 0.717) is 24.9 Å². The molecular formula is C24H35N7O8. The highest BCUT2D eigenvalue weighted by atomic mass is 16.4. The Labute approximate surface area is 224 Å². The number of nitrogens with two attached hydrogens (primary N) is 2. The van der Waals surface area contributed by atoms with Gasteiger partial charge < -0.3 is 48.1 Å². The quantitative estimate of drug-likeness (QED) is 0.0641. The van der Waals surface area contributed by atoms with Crippen LogP contribution in [0.5, 0.6) is 5.75 Å². The van der Waals surface area contributed by atoms with Gasteiger partial charge in [0.2, 0.25) is 17.7 Å². The van der Waals surface area contributed by atoms with Crippen LogP contribution in [0.3, 0.4) is 0 Å². The van der Waals surface area contributed by atoms with Crippen LogP contribution in [0.4, 0.5) is 0 Å². The van der Waals surface area contributed by atoms with E-state index in [1.165, 1.54) is 24.3 Å². The molecule has 4 atom stereocenters. The van der Waals surface area contributed by atoms with Gasteiger partial charge in [-0.25, -0.2) is 4.79 Å². The van der Waals surface area contributed by atoms with Gasteiger partial charge in [-0.05, 0) is 49.9 Å². The third-order valence-electron chi connectivity index (χ3n) is 5.96. The van der Waals surface area contributed by atoms with E-state index in [-0.39, 0.29) is 37.0 Å². The van der Waals surface area contributed by atoms with Gasteiger partial charge in [0.25, 0.3) is 0 Å². The topological polar surface area (TPSA) is 259 Å². The Hall–Kier alpha value is -4.40. The zero-order valence-corrected chi connectivity index (χ0v) is 21.3. The third kappa shape index (κ3) is 10.9. The smallest absolute Gasteiger partial charge is 0.326 e. The van der Waals surface area contributed by atoms with E-state index < -0.39 is 54.3 Å². The first-order valence-electron chi connectivity index (χ1n) is 12.4. The predicted octanol–water partition coefficient (Wildman–Crippen LogP) is -2.25. The molecule has 15 nitrogen and oxygen atoms in total. The number of carboxylic acid groups (broad SMARTS) is 2. The molecule has 214 valence electrons. The largest absolute Gasteiger partial charge is 0.508 e. The number of hydrogen-bond acceptors (Lipinski definition) is 8. The fourth-order valence-electron chi connectivity index (χ4n) is 3.95. The molecule has 1 aromatic rings. The van der Waals surface area contributed by atoms with Gasteiger partial charge in [-0.15, -0.1) is 0 Å². The number of guanidine groups is 1. The Bertz CT molecular complexity index is 1050. The first-order chi connectivity index (χ1) is 18.5. The number of phenols is 1. The molecule has 1 fully saturated rings. The number of aliphatic carboxylic acids is 2. The van der Waals surface area contributed by atoms with Crippen molar-refractivity contribution in [2.75, 3.05) is 13.1 Å². The minimum absolute atomic E-state index is 0.0275. The van der Waals surface area contributed by atoms with E-state index in [1.807, 2.05) is 0 Å². The number of aromatic hydroxyl groups is 1. The molecule has 1 aliphatic heterocycles. The molecule has 3 amide bonds. The summed E-state index contributed by atoms with van der Waals surface area (Å²) in [5.41, 5.74) is 11.2. The summed E-state index contributed by atoms with van der Waals surface area (Å²) in [7, 11) is 0. The average molecular weight is 550 g/mol. The van der Waals surface area contributed by atoms with Crippen molar-refractivity contribution in [3.05, 3.63) is 29.8 Å². The van der Waals surface area contributed by atoms with Gasteiger partial charge >= 0.3 is 11.9 Å². The van der Waals surface area contributed by atoms with Gasteiger partial charge in [-0.2, -0.15) is 0 Å². The predicted molar refractivity (Wildman–Crippen MR) is 138 cm³/mol. The summed E-state index contributed by atoms with van der Waals surface area (Å²) in [6.45, 7) is 0.853. The lowest BCUT2D eigenvalue weighted by molar-refractivity contribution is -0.147. The van der Waals surface area contributed by atoms with Crippen LogP contribution in [0.15, 0.2) is 29.3 Å². The van der Waals surface area contributed by atoms with Crippen LogP contribution in [0.1, 0.15) is 37.7 Å². The van der Waals surface area contributed by atoms with Gasteiger partial charge in [0, 0.05) is 13.0 Å². The molecular weight excluding hydrogens is 514 g/mol. The van der Waals surface area contributed by atoms with Gasteiger partial charge in [-0.1, -0.05) is 12.1 Å². The van der Waals surface area contributed by atoms with Gasteiger partial charge in [0.15, 0.2) is 5.96 Å². The fraction of sp³-hybridized carbons (Fsp3) is 0.500. The Morgan fingerprint density at radius 1 is 0.974 bits per heavy atom. The highest BCUT2D eigenvalue weighted by Crippen LogP contribution is 2.13. The number of carbonyl (C=O) groups excluding carboxylic acids is 3. The van der Waals surface area contributed by atoms with Crippen molar-refractivity contribution in [1.82, 2.24) is 21.3 Å². The monoisotopic (exact) mass is 549 g/mol. The molecule has 1 aromatic carbocycles. The van der Waals surface area contributed by atoms with Crippen molar-refractivity contribution in [1.29, 1.82) is 0 Å². The molecule has 1 heterocycles. The van der Waals surface area contributed by atoms with Gasteiger partial charge in [-0.3, -0.25) is 24.2 Å². The molecule has 0 bridgehead atoms. The lowest BCUT2D eigenvalue weighted by Gasteiger charge is -2.25. The molecule has 2 rings (SSSR count). The maximum atomic E-state index is 13.3. The molecule has 0 saturated carbocycles. The highest BCUT2D eigenvalue weighted by molar-refractivity contribution is 5.94. The molecule has 0 spiro atoms. The molecule has 39 heavy (non-hydrogen) atoms. The summed E-state index contributed by atoms with van der Waals surface area (Å²) in [6.07, 6.45) is 0.860. The zero-order chi connectivity index (χ0) is 28.9. The number of nitrogens with zero attached hydrogens (tertiary/aromatic N) is 1. The van der Waals surface area contributed by atoms with E-state index >= 15 is 0 Å². The number of nitrogens with one attached hydrogen (secondary N) is 4. The van der Waals surface area contributed by atoms with Crippen LogP contribution in [0.2, 0.25) is 0 Å². The second-order valence-electron chi connectivity index (χ2n) is 9.09. The van der Waals surface area contributed by atoms with Crippen molar-refractivity contribution < 1.29 is 39.3 Å². The lowest BCUT2D eigenvalue weighted by Crippen LogP contribution is -2.57. The number of aliphatic imine (C=N–C) groups is 1. The van der Waals surface area contributed by atoms with E-state index in [1.54, 1.807) is 0 Å². The molecule has 1 aliphatic rings. The standard InChI is InChI=1S/C24H35N7O8/c25-24(26)28-10-2-4-16(29-20(35)15-3-1-9-27-15)21(36)30-17(11-13-5-7-14(32)8-6-13)22(37)31-18(23(38)39)12-19(33)34/h5-8,15-18,27,32H,1-4,9-12H2,(H,29,35)(H,30,36)(H,31,37)(H,33,34)(H,38,39)(H4,25,26,28). The summed E-state index contributed by atoms with van der Waals surface area (Å²) in [4.78, 5) is 65.5. The zero-order valence-electron chi connectivity index (χ0n) is 21.3. The molecule has 0 aliphatic carbocycles. The first-order valence-corrected chi connectivity index (χ1v) is 12.4. The number of phenolic OH excluding ortho intramolecular Hbond substituents is 1. The number of hydrogen-bond donors (Lipinski definition) is 9. The van der Waals surface area contributed by atoms with Crippen molar-refractivity contribution >= 4 is 35.6 Å². The van der Waals surface area contributed by atoms with Crippen LogP contribution in [0.25, 0.3) is 0 Å². The van der Waals surface area contributed by atoms with Crippen molar-refractivity contribution in [2.24, 2.45) is 16.5 Å². The molecule has 15 heteroatoms. The SMILES string of the molecule is NC(N)=NCCCC(NC(=O)C1CCCN1)C(=O)NC(Cc1ccc(O)cc1)C(=O)NC(CC(=O)O)C(=O)O. The van der Waals surface area contributed by atoms with Gasteiger partial charge in [0.1, 0.15) is 23.9 Å². The molecule has 1 saturated heterocycles. The Morgan fingerprint density at radius 3 is 2.18 bits per heavy atom. The van der Waals surface area contributed by atoms with E-state index in [0.717, 1.165) is 6.42 Å². The van der Waals surface area contributed by atoms with E-state index in [2.05, 4.69) is 26.3 Å². The van der Waals surface area contributed by atoms with Crippen LogP contribution in [-0.4, -0.2) is 88.2 Å². The van der Waals surface area contributed by atoms with E-state index in [9.17, 15) is 34.2 Å². The second kappa shape index (κ2) is 15.1. The third-order valence-corrected chi connectivity index (χ3v) is 5.96. The molecule has 4 unspecified atom stereocenters. The van der Waals surface area contributed by atoms with Crippen LogP contribution >= 0.6 is 0 Å². The number of carboxylic acids is 2. The van der Waals surface area contributed by atoms with Crippen LogP contribution in [0, 0.1) is 0 Å². The maximum Gasteiger partial charge on any atom is 0.326 e. The number of amides is 3. The number of benzene rings is 1. The minimum atomic E-state index is -1.74. The van der Waals surface area contributed by atoms with Crippen LogP contribution in [-0.2, 0) is 30.4 Å². The fourth-order valence-corrected chi connectivity index (χ4v) is 3.95. The minimum Gasteiger partial charge on any atom is -0.508 e. The molecule has 0 aromatic heterocycles. The molecule has 11 N–H and O–H groups in total. The molecule has 0 radical (unpaired) electrons. The van der Waals surface area contributed by atoms with Crippen LogP contribution < -0.4 is 32.7 Å². The number of rotatable bonds is 15. The Morgan fingerprint density at radius 2 is 1.62 bits per heavy atom. The van der Waals surface area contributed by atoms with Gasteiger partial charge in [0.05, 0.1) is 12.5 Å². The summed E-state index contributed by atoms with van der Waals surface area (Å²) in [5.74, 6) is -5.19.